The summed E-state index contributed by atoms with van der Waals surface area (Å²) in [6, 6.07) is 3.43. The maximum atomic E-state index is 11.7. The van der Waals surface area contributed by atoms with E-state index in [-0.39, 0.29) is 11.7 Å². The minimum Gasteiger partial charge on any atom is -0.493 e. The first kappa shape index (κ1) is 16.5. The molecule has 0 radical (unpaired) electrons. The Bertz CT molecular complexity index is 483. The summed E-state index contributed by atoms with van der Waals surface area (Å²) < 4.78 is 15.6. The van der Waals surface area contributed by atoms with Gasteiger partial charge in [-0.3, -0.25) is 4.79 Å². The van der Waals surface area contributed by atoms with Crippen molar-refractivity contribution in [3.8, 4) is 11.5 Å². The number of carbonyl (C=O) groups is 1. The number of rotatable bonds is 5. The van der Waals surface area contributed by atoms with E-state index < -0.39 is 5.60 Å². The highest BCUT2D eigenvalue weighted by Gasteiger charge is 2.17. The van der Waals surface area contributed by atoms with Crippen LogP contribution in [0.4, 0.5) is 5.69 Å². The number of anilines is 1. The van der Waals surface area contributed by atoms with Crippen LogP contribution in [-0.4, -0.2) is 31.5 Å². The van der Waals surface area contributed by atoms with Crippen LogP contribution in [0.5, 0.6) is 11.5 Å². The van der Waals surface area contributed by atoms with Crippen LogP contribution in [0.25, 0.3) is 0 Å². The van der Waals surface area contributed by atoms with E-state index in [2.05, 4.69) is 0 Å². The number of thioether (sulfide) groups is 1. The first-order valence-corrected chi connectivity index (χ1v) is 7.11. The zero-order valence-electron chi connectivity index (χ0n) is 12.5. The molecule has 0 saturated heterocycles. The summed E-state index contributed by atoms with van der Waals surface area (Å²) in [5.74, 6) is 1.05. The number of esters is 1. The monoisotopic (exact) mass is 299 g/mol. The molecule has 20 heavy (non-hydrogen) atoms. The molecule has 0 aliphatic rings. The van der Waals surface area contributed by atoms with Gasteiger partial charge >= 0.3 is 5.97 Å². The van der Waals surface area contributed by atoms with Crippen LogP contribution in [0.15, 0.2) is 17.0 Å². The molecule has 0 amide bonds. The van der Waals surface area contributed by atoms with Gasteiger partial charge in [0.25, 0.3) is 0 Å². The van der Waals surface area contributed by atoms with Crippen LogP contribution >= 0.6 is 11.8 Å². The molecule has 0 heterocycles. The Kier molecular flexibility index (Phi) is 5.56. The van der Waals surface area contributed by atoms with Gasteiger partial charge in [-0.05, 0) is 26.8 Å². The third-order valence-electron chi connectivity index (χ3n) is 2.28. The van der Waals surface area contributed by atoms with Crippen molar-refractivity contribution in [3.63, 3.8) is 0 Å². The predicted molar refractivity (Wildman–Crippen MR) is 80.5 cm³/mol. The molecular weight excluding hydrogens is 278 g/mol. The van der Waals surface area contributed by atoms with Gasteiger partial charge in [0, 0.05) is 16.6 Å². The second-order valence-electron chi connectivity index (χ2n) is 5.12. The van der Waals surface area contributed by atoms with Gasteiger partial charge in [-0.15, -0.1) is 11.8 Å². The van der Waals surface area contributed by atoms with Crippen molar-refractivity contribution in [2.75, 3.05) is 25.7 Å². The van der Waals surface area contributed by atoms with E-state index in [0.717, 1.165) is 4.90 Å². The van der Waals surface area contributed by atoms with Gasteiger partial charge < -0.3 is 19.9 Å². The zero-order chi connectivity index (χ0) is 15.3. The van der Waals surface area contributed by atoms with Crippen molar-refractivity contribution >= 4 is 23.4 Å². The first-order chi connectivity index (χ1) is 9.26. The molecule has 0 saturated carbocycles. The van der Waals surface area contributed by atoms with Crippen molar-refractivity contribution in [2.45, 2.75) is 31.3 Å². The molecule has 0 fully saturated rings. The average molecular weight is 299 g/mol. The highest BCUT2D eigenvalue weighted by Crippen LogP contribution is 2.36. The van der Waals surface area contributed by atoms with E-state index in [9.17, 15) is 4.79 Å². The van der Waals surface area contributed by atoms with E-state index in [1.54, 1.807) is 26.4 Å². The summed E-state index contributed by atoms with van der Waals surface area (Å²) in [5, 5.41) is 0. The maximum Gasteiger partial charge on any atom is 0.316 e. The Morgan fingerprint density at radius 1 is 1.20 bits per heavy atom. The van der Waals surface area contributed by atoms with E-state index in [4.69, 9.17) is 19.9 Å². The number of nitrogen functional groups attached to an aromatic ring is 1. The number of hydrogen-bond donors (Lipinski definition) is 1. The van der Waals surface area contributed by atoms with E-state index >= 15 is 0 Å². The van der Waals surface area contributed by atoms with Crippen molar-refractivity contribution in [1.29, 1.82) is 0 Å². The van der Waals surface area contributed by atoms with Gasteiger partial charge in [-0.1, -0.05) is 0 Å². The van der Waals surface area contributed by atoms with Crippen molar-refractivity contribution in [3.05, 3.63) is 12.1 Å². The van der Waals surface area contributed by atoms with Gasteiger partial charge in [0.2, 0.25) is 0 Å². The van der Waals surface area contributed by atoms with Crippen molar-refractivity contribution in [1.82, 2.24) is 0 Å². The second kappa shape index (κ2) is 6.74. The first-order valence-electron chi connectivity index (χ1n) is 6.13. The lowest BCUT2D eigenvalue weighted by Gasteiger charge is -2.19. The molecule has 2 N–H and O–H groups in total. The smallest absolute Gasteiger partial charge is 0.316 e. The number of hydrogen-bond acceptors (Lipinski definition) is 6. The summed E-state index contributed by atoms with van der Waals surface area (Å²) in [4.78, 5) is 12.4. The SMILES string of the molecule is COc1cc(N)c(SCC(=O)OC(C)(C)C)cc1OC. The molecule has 0 aliphatic heterocycles. The second-order valence-corrected chi connectivity index (χ2v) is 6.14. The van der Waals surface area contributed by atoms with Crippen LogP contribution in [0.2, 0.25) is 0 Å². The molecule has 5 nitrogen and oxygen atoms in total. The number of benzene rings is 1. The van der Waals surface area contributed by atoms with Gasteiger partial charge in [0.05, 0.1) is 20.0 Å². The minimum absolute atomic E-state index is 0.191. The molecule has 1 aromatic rings. The number of ether oxygens (including phenoxy) is 3. The van der Waals surface area contributed by atoms with Crippen LogP contribution < -0.4 is 15.2 Å². The molecule has 0 atom stereocenters. The molecule has 0 bridgehead atoms. The highest BCUT2D eigenvalue weighted by atomic mass is 32.2. The lowest BCUT2D eigenvalue weighted by molar-refractivity contribution is -0.151. The van der Waals surface area contributed by atoms with Gasteiger partial charge in [-0.2, -0.15) is 0 Å². The molecule has 0 spiro atoms. The lowest BCUT2D eigenvalue weighted by Crippen LogP contribution is -2.24. The third kappa shape index (κ3) is 4.85. The fraction of sp³-hybridized carbons (Fsp3) is 0.500. The van der Waals surface area contributed by atoms with Crippen LogP contribution in [0, 0.1) is 0 Å². The molecule has 1 rings (SSSR count). The molecule has 1 aromatic carbocycles. The van der Waals surface area contributed by atoms with Gasteiger partial charge in [0.15, 0.2) is 11.5 Å². The maximum absolute atomic E-state index is 11.7. The Hall–Kier alpha value is -1.56. The fourth-order valence-electron chi connectivity index (χ4n) is 1.51. The van der Waals surface area contributed by atoms with Crippen LogP contribution in [0.3, 0.4) is 0 Å². The quantitative estimate of drug-likeness (QED) is 0.512. The molecule has 0 aromatic heterocycles. The largest absolute Gasteiger partial charge is 0.493 e. The lowest BCUT2D eigenvalue weighted by atomic mass is 10.2. The average Bonchev–Trinajstić information content (AvgIpc) is 2.34. The zero-order valence-corrected chi connectivity index (χ0v) is 13.3. The molecule has 0 unspecified atom stereocenters. The number of carbonyl (C=O) groups excluding carboxylic acids is 1. The van der Waals surface area contributed by atoms with Crippen LogP contribution in [-0.2, 0) is 9.53 Å². The number of methoxy groups -OCH3 is 2. The molecule has 6 heteroatoms. The van der Waals surface area contributed by atoms with E-state index in [1.807, 2.05) is 20.8 Å². The Labute approximate surface area is 123 Å². The molecular formula is C14H21NO4S. The Morgan fingerprint density at radius 3 is 2.25 bits per heavy atom. The van der Waals surface area contributed by atoms with Gasteiger partial charge in [0.1, 0.15) is 5.60 Å². The van der Waals surface area contributed by atoms with Crippen molar-refractivity contribution in [2.24, 2.45) is 0 Å². The number of nitrogens with two attached hydrogens (primary N) is 1. The standard InChI is InChI=1S/C14H21NO4S/c1-14(2,3)19-13(16)8-20-12-7-11(18-5)10(17-4)6-9(12)15/h6-7H,8,15H2,1-5H3. The topological polar surface area (TPSA) is 70.8 Å². The fourth-order valence-corrected chi connectivity index (χ4v) is 2.26. The Morgan fingerprint density at radius 2 is 1.75 bits per heavy atom. The summed E-state index contributed by atoms with van der Waals surface area (Å²) in [7, 11) is 3.10. The van der Waals surface area contributed by atoms with E-state index in [1.165, 1.54) is 11.8 Å². The van der Waals surface area contributed by atoms with Crippen LogP contribution in [0.1, 0.15) is 20.8 Å². The minimum atomic E-state index is -0.485. The van der Waals surface area contributed by atoms with Crippen molar-refractivity contribution < 1.29 is 19.0 Å². The summed E-state index contributed by atoms with van der Waals surface area (Å²) >= 11 is 1.31. The normalized spacial score (nSPS) is 11.1. The summed E-state index contributed by atoms with van der Waals surface area (Å²) in [6.07, 6.45) is 0. The highest BCUT2D eigenvalue weighted by molar-refractivity contribution is 8.00. The third-order valence-corrected chi connectivity index (χ3v) is 3.33. The van der Waals surface area contributed by atoms with Gasteiger partial charge in [-0.25, -0.2) is 0 Å². The summed E-state index contributed by atoms with van der Waals surface area (Å²) in [5.41, 5.74) is 5.98. The summed E-state index contributed by atoms with van der Waals surface area (Å²) in [6.45, 7) is 5.50. The molecule has 0 aliphatic carbocycles. The Balaban J connectivity index is 2.76. The molecule has 112 valence electrons. The van der Waals surface area contributed by atoms with E-state index in [0.29, 0.717) is 17.2 Å². The predicted octanol–water partition coefficient (Wildman–Crippen LogP) is 2.72.